The number of aliphatic hydroxyl groups excluding tert-OH is 1. The number of ether oxygens (including phenoxy) is 1. The summed E-state index contributed by atoms with van der Waals surface area (Å²) in [6.07, 6.45) is -1.53. The highest BCUT2D eigenvalue weighted by molar-refractivity contribution is 7.55. The van der Waals surface area contributed by atoms with Crippen LogP contribution in [0.3, 0.4) is 0 Å². The molecule has 12 nitrogen and oxygen atoms in total. The van der Waals surface area contributed by atoms with E-state index in [-0.39, 0.29) is 23.5 Å². The Morgan fingerprint density at radius 2 is 2.22 bits per heavy atom. The molecule has 1 fully saturated rings. The number of aromatic amines is 1. The topological polar surface area (TPSA) is 189 Å². The number of nitrogens with one attached hydrogen (secondary N) is 1. The van der Waals surface area contributed by atoms with Crippen molar-refractivity contribution >= 4 is 24.7 Å². The van der Waals surface area contributed by atoms with Gasteiger partial charge in [-0.1, -0.05) is 5.21 Å². The van der Waals surface area contributed by atoms with Crippen LogP contribution in [0.4, 0.5) is 5.95 Å². The molecule has 3 heterocycles. The first-order valence-corrected chi connectivity index (χ1v) is 8.11. The van der Waals surface area contributed by atoms with Crippen LogP contribution in [0.25, 0.3) is 11.2 Å². The molecule has 0 radical (unpaired) electrons. The summed E-state index contributed by atoms with van der Waals surface area (Å²) in [7, 11) is -4.32. The van der Waals surface area contributed by atoms with Crippen molar-refractivity contribution in [3.8, 4) is 0 Å². The molecule has 0 bridgehead atoms. The predicted molar refractivity (Wildman–Crippen MR) is 76.1 cm³/mol. The minimum absolute atomic E-state index is 0.0370. The third-order valence-electron chi connectivity index (χ3n) is 3.21. The molecule has 2 aromatic heterocycles. The zero-order valence-electron chi connectivity index (χ0n) is 11.5. The van der Waals surface area contributed by atoms with E-state index in [1.54, 1.807) is 0 Å². The number of nitrogens with two attached hydrogens (primary N) is 1. The Labute approximate surface area is 127 Å². The lowest BCUT2D eigenvalue weighted by Gasteiger charge is -2.14. The van der Waals surface area contributed by atoms with Crippen molar-refractivity contribution in [2.75, 3.05) is 5.73 Å². The van der Waals surface area contributed by atoms with Gasteiger partial charge < -0.3 is 25.4 Å². The Balaban J connectivity index is 1.92. The smallest absolute Gasteiger partial charge is 0.348 e. The Morgan fingerprint density at radius 1 is 1.48 bits per heavy atom. The lowest BCUT2D eigenvalue weighted by atomic mass is 10.2. The molecule has 2 aromatic rings. The van der Waals surface area contributed by atoms with E-state index in [2.05, 4.69) is 20.3 Å². The number of anilines is 1. The average molecular weight is 344 g/mol. The van der Waals surface area contributed by atoms with Gasteiger partial charge in [-0.15, -0.1) is 5.10 Å². The molecule has 0 amide bonds. The number of aliphatic hydroxyl groups is 1. The van der Waals surface area contributed by atoms with Crippen molar-refractivity contribution < 1.29 is 24.2 Å². The molecule has 23 heavy (non-hydrogen) atoms. The summed E-state index contributed by atoms with van der Waals surface area (Å²) in [6.45, 7) is 0. The molecular weight excluding hydrogens is 331 g/mol. The van der Waals surface area contributed by atoms with Crippen LogP contribution in [0.5, 0.6) is 0 Å². The van der Waals surface area contributed by atoms with E-state index in [0.717, 1.165) is 10.8 Å². The van der Waals surface area contributed by atoms with Gasteiger partial charge in [-0.05, 0) is 6.08 Å². The summed E-state index contributed by atoms with van der Waals surface area (Å²) in [6, 6.07) is 0. The van der Waals surface area contributed by atoms with E-state index in [4.69, 9.17) is 20.3 Å². The Hall–Kier alpha value is -2.11. The van der Waals surface area contributed by atoms with Crippen LogP contribution in [0.2, 0.25) is 0 Å². The molecule has 0 aromatic carbocycles. The Morgan fingerprint density at radius 3 is 2.91 bits per heavy atom. The fourth-order valence-electron chi connectivity index (χ4n) is 2.26. The van der Waals surface area contributed by atoms with Crippen molar-refractivity contribution in [3.63, 3.8) is 0 Å². The fraction of sp³-hybridized carbons (Fsp3) is 0.400. The van der Waals surface area contributed by atoms with Gasteiger partial charge in [0.05, 0.1) is 6.10 Å². The molecule has 0 unspecified atom stereocenters. The van der Waals surface area contributed by atoms with Crippen molar-refractivity contribution in [2.45, 2.75) is 24.9 Å². The highest BCUT2D eigenvalue weighted by Crippen LogP contribution is 2.38. The highest BCUT2D eigenvalue weighted by Gasteiger charge is 2.36. The van der Waals surface area contributed by atoms with Gasteiger partial charge in [0.1, 0.15) is 6.10 Å². The largest absolute Gasteiger partial charge is 0.388 e. The predicted octanol–water partition coefficient (Wildman–Crippen LogP) is -1.56. The van der Waals surface area contributed by atoms with E-state index in [1.807, 2.05) is 0 Å². The lowest BCUT2D eigenvalue weighted by Crippen LogP contribution is -2.22. The monoisotopic (exact) mass is 344 g/mol. The van der Waals surface area contributed by atoms with Gasteiger partial charge in [0.15, 0.2) is 17.4 Å². The minimum atomic E-state index is -4.32. The van der Waals surface area contributed by atoms with E-state index in [1.165, 1.54) is 0 Å². The zero-order chi connectivity index (χ0) is 16.8. The molecule has 3 rings (SSSR count). The first-order chi connectivity index (χ1) is 10.7. The number of hydrogen-bond donors (Lipinski definition) is 5. The second-order valence-corrected chi connectivity index (χ2v) is 6.43. The van der Waals surface area contributed by atoms with Crippen LogP contribution < -0.4 is 11.3 Å². The van der Waals surface area contributed by atoms with E-state index < -0.39 is 31.6 Å². The van der Waals surface area contributed by atoms with Gasteiger partial charge in [-0.3, -0.25) is 14.3 Å². The van der Waals surface area contributed by atoms with Gasteiger partial charge in [0, 0.05) is 12.2 Å². The fourth-order valence-corrected chi connectivity index (χ4v) is 2.68. The molecule has 0 spiro atoms. The number of fused-ring (bicyclic) bond motifs is 1. The van der Waals surface area contributed by atoms with Gasteiger partial charge in [-0.25, -0.2) is 0 Å². The van der Waals surface area contributed by atoms with Crippen LogP contribution in [-0.4, -0.2) is 52.1 Å². The number of aromatic nitrogens is 5. The van der Waals surface area contributed by atoms with E-state index in [0.29, 0.717) is 5.82 Å². The summed E-state index contributed by atoms with van der Waals surface area (Å²) < 4.78 is 17.4. The lowest BCUT2D eigenvalue weighted by molar-refractivity contribution is -0.0313. The van der Waals surface area contributed by atoms with Crippen molar-refractivity contribution in [1.29, 1.82) is 0 Å². The molecule has 1 aliphatic rings. The molecular formula is C10H13N6O6P. The molecule has 1 saturated heterocycles. The first kappa shape index (κ1) is 15.8. The molecule has 1 aliphatic heterocycles. The number of H-pyrrole nitrogens is 1. The zero-order valence-corrected chi connectivity index (χ0v) is 12.4. The molecule has 0 saturated carbocycles. The first-order valence-electron chi connectivity index (χ1n) is 6.43. The second kappa shape index (κ2) is 5.51. The maximum atomic E-state index is 11.7. The van der Waals surface area contributed by atoms with Crippen LogP contribution in [0.1, 0.15) is 12.6 Å². The average Bonchev–Trinajstić information content (AvgIpc) is 2.99. The quantitative estimate of drug-likeness (QED) is 0.407. The van der Waals surface area contributed by atoms with Gasteiger partial charge in [-0.2, -0.15) is 9.67 Å². The molecule has 6 N–H and O–H groups in total. The standard InChI is InChI=1S/C10H13N6O6P/c11-10-12-7-6(8(18)13-10)14-15-16(7)9-5(17)3-4(22-9)1-2-23(19,20)21/h1-2,4-5,9,17H,3H2,(H2,19,20,21)(H3,11,12,13,18)/t4-,5-,9-/m1/s1. The second-order valence-electron chi connectivity index (χ2n) is 4.96. The molecule has 13 heteroatoms. The summed E-state index contributed by atoms with van der Waals surface area (Å²) in [5.41, 5.74) is 4.86. The maximum absolute atomic E-state index is 11.7. The van der Waals surface area contributed by atoms with E-state index >= 15 is 0 Å². The van der Waals surface area contributed by atoms with Gasteiger partial charge >= 0.3 is 7.60 Å². The Kier molecular flexibility index (Phi) is 3.78. The third kappa shape index (κ3) is 3.16. The van der Waals surface area contributed by atoms with E-state index in [9.17, 15) is 14.5 Å². The van der Waals surface area contributed by atoms with Crippen molar-refractivity contribution in [2.24, 2.45) is 0 Å². The molecule has 124 valence electrons. The highest BCUT2D eigenvalue weighted by atomic mass is 31.2. The summed E-state index contributed by atoms with van der Waals surface area (Å²) in [5, 5.41) is 17.5. The molecule has 3 atom stereocenters. The van der Waals surface area contributed by atoms with Crippen molar-refractivity contribution in [3.05, 3.63) is 22.2 Å². The number of rotatable bonds is 3. The van der Waals surface area contributed by atoms with Gasteiger partial charge in [0.2, 0.25) is 5.95 Å². The van der Waals surface area contributed by atoms with Crippen molar-refractivity contribution in [1.82, 2.24) is 25.0 Å². The normalized spacial score (nSPS) is 25.6. The number of hydrogen-bond acceptors (Lipinski definition) is 8. The summed E-state index contributed by atoms with van der Waals surface area (Å²) >= 11 is 0. The number of nitrogens with zero attached hydrogens (tertiary/aromatic N) is 4. The minimum Gasteiger partial charge on any atom is -0.388 e. The SMILES string of the molecule is Nc1nc2c(nnn2[C@@H]2O[C@H](C=CP(=O)(O)O)C[C@H]2O)c(=O)[nH]1. The van der Waals surface area contributed by atoms with Gasteiger partial charge in [0.25, 0.3) is 5.56 Å². The van der Waals surface area contributed by atoms with Crippen LogP contribution in [0, 0.1) is 0 Å². The maximum Gasteiger partial charge on any atom is 0.348 e. The summed E-state index contributed by atoms with van der Waals surface area (Å²) in [5.74, 6) is 0.559. The Bertz CT molecular complexity index is 870. The number of nitrogen functional groups attached to an aromatic ring is 1. The summed E-state index contributed by atoms with van der Waals surface area (Å²) in [4.78, 5) is 35.5. The van der Waals surface area contributed by atoms with Crippen LogP contribution in [0.15, 0.2) is 16.7 Å². The third-order valence-corrected chi connectivity index (χ3v) is 3.77. The van der Waals surface area contributed by atoms with Crippen LogP contribution in [-0.2, 0) is 9.30 Å². The molecule has 0 aliphatic carbocycles. The van der Waals surface area contributed by atoms with Crippen LogP contribution >= 0.6 is 7.60 Å².